The lowest BCUT2D eigenvalue weighted by Gasteiger charge is -2.02. The van der Waals surface area contributed by atoms with Crippen LogP contribution in [0.15, 0.2) is 60.8 Å². The Balaban J connectivity index is 1.51. The first-order valence-electron chi connectivity index (χ1n) is 7.72. The Morgan fingerprint density at radius 3 is 2.54 bits per heavy atom. The summed E-state index contributed by atoms with van der Waals surface area (Å²) in [4.78, 5) is 17.3. The molecule has 3 aromatic rings. The number of amides is 1. The molecule has 0 saturated heterocycles. The molecule has 1 N–H and O–H groups in total. The van der Waals surface area contributed by atoms with Gasteiger partial charge in [-0.15, -0.1) is 11.3 Å². The molecule has 0 aliphatic carbocycles. The quantitative estimate of drug-likeness (QED) is 0.720. The van der Waals surface area contributed by atoms with E-state index in [0.29, 0.717) is 24.4 Å². The highest BCUT2D eigenvalue weighted by atomic mass is 32.1. The Bertz CT molecular complexity index is 800. The lowest BCUT2D eigenvalue weighted by atomic mass is 10.1. The molecule has 122 valence electrons. The summed E-state index contributed by atoms with van der Waals surface area (Å²) in [5, 5.41) is 3.44. The van der Waals surface area contributed by atoms with Crippen LogP contribution >= 0.6 is 11.3 Å². The molecule has 0 atom stereocenters. The zero-order chi connectivity index (χ0) is 16.8. The van der Waals surface area contributed by atoms with E-state index in [1.54, 1.807) is 18.3 Å². The van der Waals surface area contributed by atoms with Gasteiger partial charge in [0.25, 0.3) is 0 Å². The summed E-state index contributed by atoms with van der Waals surface area (Å²) in [6.45, 7) is 0. The van der Waals surface area contributed by atoms with Gasteiger partial charge in [0.2, 0.25) is 5.91 Å². The van der Waals surface area contributed by atoms with E-state index in [-0.39, 0.29) is 11.7 Å². The molecular formula is C19H17FN2OS. The van der Waals surface area contributed by atoms with Crippen LogP contribution in [0.3, 0.4) is 0 Å². The number of hydrogen-bond acceptors (Lipinski definition) is 3. The van der Waals surface area contributed by atoms with Crippen molar-refractivity contribution in [1.29, 1.82) is 0 Å². The lowest BCUT2D eigenvalue weighted by Crippen LogP contribution is -2.11. The number of nitrogens with zero attached hydrogens (tertiary/aromatic N) is 1. The highest BCUT2D eigenvalue weighted by Crippen LogP contribution is 2.21. The van der Waals surface area contributed by atoms with Crippen LogP contribution in [0.2, 0.25) is 0 Å². The molecule has 1 amide bonds. The van der Waals surface area contributed by atoms with Crippen molar-refractivity contribution in [3.8, 4) is 0 Å². The largest absolute Gasteiger partial charge is 0.302 e. The number of aromatic nitrogens is 1. The second-order valence-corrected chi connectivity index (χ2v) is 6.58. The minimum Gasteiger partial charge on any atom is -0.302 e. The molecule has 1 heterocycles. The average Bonchev–Trinajstić information content (AvgIpc) is 3.03. The topological polar surface area (TPSA) is 42.0 Å². The van der Waals surface area contributed by atoms with Gasteiger partial charge >= 0.3 is 0 Å². The molecule has 0 aliphatic rings. The summed E-state index contributed by atoms with van der Waals surface area (Å²) in [5.74, 6) is -0.282. The second kappa shape index (κ2) is 7.84. The number of halogens is 1. The molecular weight excluding hydrogens is 323 g/mol. The summed E-state index contributed by atoms with van der Waals surface area (Å²) >= 11 is 1.45. The Morgan fingerprint density at radius 1 is 1.04 bits per heavy atom. The molecule has 0 aliphatic heterocycles. The molecule has 0 fully saturated rings. The van der Waals surface area contributed by atoms with E-state index in [4.69, 9.17) is 0 Å². The van der Waals surface area contributed by atoms with Gasteiger partial charge in [-0.25, -0.2) is 9.37 Å². The standard InChI is InChI=1S/C19H17FN2OS/c20-16-9-6-15(7-10-16)12-17-13-21-19(24-17)22-18(23)11-8-14-4-2-1-3-5-14/h1-7,9-10,13H,8,11-12H2,(H,21,22,23). The van der Waals surface area contributed by atoms with Crippen LogP contribution in [0, 0.1) is 5.82 Å². The molecule has 0 unspecified atom stereocenters. The Hall–Kier alpha value is -2.53. The normalized spacial score (nSPS) is 10.5. The first-order valence-corrected chi connectivity index (χ1v) is 8.53. The fraction of sp³-hybridized carbons (Fsp3) is 0.158. The maximum absolute atomic E-state index is 12.9. The highest BCUT2D eigenvalue weighted by molar-refractivity contribution is 7.15. The molecule has 3 nitrogen and oxygen atoms in total. The summed E-state index contributed by atoms with van der Waals surface area (Å²) in [7, 11) is 0. The summed E-state index contributed by atoms with van der Waals surface area (Å²) in [6.07, 6.45) is 3.57. The predicted octanol–water partition coefficient (Wildman–Crippen LogP) is 4.44. The molecule has 24 heavy (non-hydrogen) atoms. The number of anilines is 1. The smallest absolute Gasteiger partial charge is 0.226 e. The van der Waals surface area contributed by atoms with E-state index in [1.807, 2.05) is 30.3 Å². The highest BCUT2D eigenvalue weighted by Gasteiger charge is 2.08. The number of nitrogens with one attached hydrogen (secondary N) is 1. The molecule has 0 spiro atoms. The summed E-state index contributed by atoms with van der Waals surface area (Å²) < 4.78 is 12.9. The van der Waals surface area contributed by atoms with Gasteiger partial charge in [-0.1, -0.05) is 42.5 Å². The minimum atomic E-state index is -0.241. The zero-order valence-electron chi connectivity index (χ0n) is 13.0. The molecule has 5 heteroatoms. The fourth-order valence-corrected chi connectivity index (χ4v) is 3.20. The molecule has 2 aromatic carbocycles. The van der Waals surface area contributed by atoms with Crippen LogP contribution in [0.1, 0.15) is 22.4 Å². The molecule has 0 saturated carbocycles. The van der Waals surface area contributed by atoms with Gasteiger partial charge in [0.15, 0.2) is 5.13 Å². The monoisotopic (exact) mass is 340 g/mol. The number of benzene rings is 2. The number of carbonyl (C=O) groups excluding carboxylic acids is 1. The fourth-order valence-electron chi connectivity index (χ4n) is 2.33. The van der Waals surface area contributed by atoms with Gasteiger partial charge in [0.1, 0.15) is 5.82 Å². The Morgan fingerprint density at radius 2 is 1.79 bits per heavy atom. The zero-order valence-corrected chi connectivity index (χ0v) is 13.9. The van der Waals surface area contributed by atoms with Gasteiger partial charge in [-0.2, -0.15) is 0 Å². The number of hydrogen-bond donors (Lipinski definition) is 1. The molecule has 0 radical (unpaired) electrons. The Labute approximate surface area is 144 Å². The lowest BCUT2D eigenvalue weighted by molar-refractivity contribution is -0.116. The van der Waals surface area contributed by atoms with Gasteiger partial charge in [0, 0.05) is 23.9 Å². The van der Waals surface area contributed by atoms with Crippen LogP contribution in [-0.2, 0) is 17.6 Å². The third kappa shape index (κ3) is 4.73. The van der Waals surface area contributed by atoms with Crippen molar-refractivity contribution in [2.24, 2.45) is 0 Å². The third-order valence-corrected chi connectivity index (χ3v) is 4.49. The van der Waals surface area contributed by atoms with Gasteiger partial charge in [0.05, 0.1) is 0 Å². The van der Waals surface area contributed by atoms with Crippen molar-refractivity contribution in [2.75, 3.05) is 5.32 Å². The number of thiazole rings is 1. The van der Waals surface area contributed by atoms with Crippen LogP contribution in [0.25, 0.3) is 0 Å². The first-order chi connectivity index (χ1) is 11.7. The van der Waals surface area contributed by atoms with Crippen molar-refractivity contribution in [3.05, 3.63) is 82.6 Å². The van der Waals surface area contributed by atoms with E-state index in [9.17, 15) is 9.18 Å². The van der Waals surface area contributed by atoms with Crippen LogP contribution < -0.4 is 5.32 Å². The second-order valence-electron chi connectivity index (χ2n) is 5.47. The van der Waals surface area contributed by atoms with E-state index >= 15 is 0 Å². The number of aryl methyl sites for hydroxylation is 1. The van der Waals surface area contributed by atoms with E-state index in [2.05, 4.69) is 10.3 Å². The molecule has 0 bridgehead atoms. The van der Waals surface area contributed by atoms with Crippen LogP contribution in [0.4, 0.5) is 9.52 Å². The van der Waals surface area contributed by atoms with E-state index in [0.717, 1.165) is 16.0 Å². The summed E-state index contributed by atoms with van der Waals surface area (Å²) in [5.41, 5.74) is 2.16. The predicted molar refractivity (Wildman–Crippen MR) is 94.7 cm³/mol. The SMILES string of the molecule is O=C(CCc1ccccc1)Nc1ncc(Cc2ccc(F)cc2)s1. The van der Waals surface area contributed by atoms with E-state index < -0.39 is 0 Å². The molecule has 3 rings (SSSR count). The van der Waals surface area contributed by atoms with Crippen LogP contribution in [0.5, 0.6) is 0 Å². The van der Waals surface area contributed by atoms with Crippen molar-refractivity contribution in [1.82, 2.24) is 4.98 Å². The van der Waals surface area contributed by atoms with Crippen LogP contribution in [-0.4, -0.2) is 10.9 Å². The number of rotatable bonds is 6. The Kier molecular flexibility index (Phi) is 5.33. The maximum atomic E-state index is 12.9. The number of carbonyl (C=O) groups is 1. The van der Waals surface area contributed by atoms with Gasteiger partial charge < -0.3 is 5.32 Å². The summed E-state index contributed by atoms with van der Waals surface area (Å²) in [6, 6.07) is 16.3. The molecule has 1 aromatic heterocycles. The minimum absolute atomic E-state index is 0.0402. The van der Waals surface area contributed by atoms with Crippen molar-refractivity contribution >= 4 is 22.4 Å². The van der Waals surface area contributed by atoms with Crippen molar-refractivity contribution in [2.45, 2.75) is 19.3 Å². The van der Waals surface area contributed by atoms with Crippen molar-refractivity contribution < 1.29 is 9.18 Å². The third-order valence-electron chi connectivity index (χ3n) is 3.58. The van der Waals surface area contributed by atoms with E-state index in [1.165, 1.54) is 23.5 Å². The van der Waals surface area contributed by atoms with Crippen molar-refractivity contribution in [3.63, 3.8) is 0 Å². The maximum Gasteiger partial charge on any atom is 0.226 e. The average molecular weight is 340 g/mol. The first kappa shape index (κ1) is 16.3. The van der Waals surface area contributed by atoms with Gasteiger partial charge in [-0.3, -0.25) is 4.79 Å². The van der Waals surface area contributed by atoms with Gasteiger partial charge in [-0.05, 0) is 29.7 Å².